The fraction of sp³-hybridized carbons (Fsp3) is 0.929. The van der Waals surface area contributed by atoms with Crippen LogP contribution in [-0.4, -0.2) is 111 Å². The summed E-state index contributed by atoms with van der Waals surface area (Å²) in [6, 6.07) is -1.91. The molecule has 2 saturated heterocycles. The molecule has 0 saturated carbocycles. The van der Waals surface area contributed by atoms with E-state index in [1.165, 1.54) is 6.92 Å². The van der Waals surface area contributed by atoms with Gasteiger partial charge in [-0.3, -0.25) is 4.79 Å². The Balaban J connectivity index is 2.20. The highest BCUT2D eigenvalue weighted by Gasteiger charge is 2.48. The molecule has 0 aromatic heterocycles. The second-order valence-corrected chi connectivity index (χ2v) is 6.29. The maximum atomic E-state index is 11.4. The quantitative estimate of drug-likeness (QED) is 0.235. The number of piperidine rings is 1. The highest BCUT2D eigenvalue weighted by molar-refractivity contribution is 5.73. The minimum absolute atomic E-state index is 0.0491. The van der Waals surface area contributed by atoms with Crippen molar-refractivity contribution in [2.75, 3.05) is 19.8 Å². The Morgan fingerprint density at radius 2 is 1.84 bits per heavy atom. The molecule has 0 spiro atoms. The molecule has 2 fully saturated rings. The molecule has 0 aromatic carbocycles. The Bertz CT molecular complexity index is 452. The molecule has 9 atom stereocenters. The second kappa shape index (κ2) is 8.66. The maximum Gasteiger partial charge on any atom is 0.217 e. The number of ether oxygens (including phenoxy) is 2. The number of β-amino-alcohol motifs (C(OH)–C–C–N with tert-alkyl or cyclic N) is 1. The monoisotopic (exact) mass is 366 g/mol. The minimum atomic E-state index is -1.49. The first-order chi connectivity index (χ1) is 11.8. The van der Waals surface area contributed by atoms with E-state index in [1.807, 2.05) is 0 Å². The van der Waals surface area contributed by atoms with Crippen LogP contribution in [0.25, 0.3) is 0 Å². The predicted molar refractivity (Wildman–Crippen MR) is 81.1 cm³/mol. The Hall–Kier alpha value is -0.890. The Morgan fingerprint density at radius 3 is 2.40 bits per heavy atom. The van der Waals surface area contributed by atoms with Gasteiger partial charge in [-0.15, -0.1) is 0 Å². The standard InChI is InChI=1S/C14H26N2O9/c1-5(19)16-9-12(23)11(22)8(4-18)24-14(9)25-13-6(3-17)15-2-7(20)10(13)21/h6-15,17-18,20-23H,2-4H2,1H3,(H,16,19)/t6-,7+,8-,9+,10-,11+,12-,13-,14+/m1/s1. The topological polar surface area (TPSA) is 181 Å². The van der Waals surface area contributed by atoms with Crippen LogP contribution in [0.4, 0.5) is 0 Å². The van der Waals surface area contributed by atoms with Crippen molar-refractivity contribution in [2.24, 2.45) is 0 Å². The summed E-state index contributed by atoms with van der Waals surface area (Å²) < 4.78 is 11.0. The van der Waals surface area contributed by atoms with Gasteiger partial charge in [0.25, 0.3) is 0 Å². The molecule has 0 aromatic rings. The number of hydrogen-bond acceptors (Lipinski definition) is 10. The molecule has 2 heterocycles. The number of amides is 1. The van der Waals surface area contributed by atoms with E-state index in [2.05, 4.69) is 10.6 Å². The molecule has 2 rings (SSSR count). The Labute approximate surface area is 144 Å². The molecule has 1 amide bonds. The average Bonchev–Trinajstić information content (AvgIpc) is 2.58. The third-order valence-corrected chi connectivity index (χ3v) is 4.46. The SMILES string of the molecule is CC(=O)N[C@@H]1[C@H](O[C@H]2[C@H](O)[C@@H](O)CN[C@@H]2CO)O[C@H](CO)[C@H](O)[C@@H]1O. The third kappa shape index (κ3) is 4.45. The number of carbonyl (C=O) groups excluding carboxylic acids is 1. The minimum Gasteiger partial charge on any atom is -0.395 e. The summed E-state index contributed by atoms with van der Waals surface area (Å²) in [5.74, 6) is -0.517. The van der Waals surface area contributed by atoms with Gasteiger partial charge in [-0.25, -0.2) is 0 Å². The van der Waals surface area contributed by atoms with Gasteiger partial charge < -0.3 is 50.7 Å². The van der Waals surface area contributed by atoms with E-state index < -0.39 is 74.1 Å². The van der Waals surface area contributed by atoms with Crippen molar-refractivity contribution >= 4 is 5.91 Å². The number of aliphatic hydroxyl groups is 6. The molecule has 0 radical (unpaired) electrons. The lowest BCUT2D eigenvalue weighted by molar-refractivity contribution is -0.298. The van der Waals surface area contributed by atoms with Crippen LogP contribution < -0.4 is 10.6 Å². The molecule has 11 nitrogen and oxygen atoms in total. The smallest absolute Gasteiger partial charge is 0.217 e. The first kappa shape index (κ1) is 20.4. The maximum absolute atomic E-state index is 11.4. The van der Waals surface area contributed by atoms with Crippen LogP contribution in [0.15, 0.2) is 0 Å². The summed E-state index contributed by atoms with van der Waals surface area (Å²) in [4.78, 5) is 11.4. The van der Waals surface area contributed by atoms with Gasteiger partial charge in [-0.05, 0) is 0 Å². The number of nitrogens with one attached hydrogen (secondary N) is 2. The summed E-state index contributed by atoms with van der Waals surface area (Å²) in [7, 11) is 0. The molecule has 11 heteroatoms. The largest absolute Gasteiger partial charge is 0.395 e. The molecule has 146 valence electrons. The van der Waals surface area contributed by atoms with Gasteiger partial charge in [-0.1, -0.05) is 0 Å². The van der Waals surface area contributed by atoms with E-state index in [4.69, 9.17) is 9.47 Å². The fourth-order valence-corrected chi connectivity index (χ4v) is 3.05. The van der Waals surface area contributed by atoms with Crippen molar-refractivity contribution in [1.82, 2.24) is 10.6 Å². The average molecular weight is 366 g/mol. The van der Waals surface area contributed by atoms with Crippen molar-refractivity contribution in [3.05, 3.63) is 0 Å². The van der Waals surface area contributed by atoms with E-state index in [9.17, 15) is 35.4 Å². The number of carbonyl (C=O) groups is 1. The molecular weight excluding hydrogens is 340 g/mol. The van der Waals surface area contributed by atoms with Gasteiger partial charge >= 0.3 is 0 Å². The summed E-state index contributed by atoms with van der Waals surface area (Å²) in [6.45, 7) is 0.238. The molecule has 0 unspecified atom stereocenters. The van der Waals surface area contributed by atoms with Crippen LogP contribution in [0.2, 0.25) is 0 Å². The molecular formula is C14H26N2O9. The predicted octanol–water partition coefficient (Wildman–Crippen LogP) is -5.00. The second-order valence-electron chi connectivity index (χ2n) is 6.29. The lowest BCUT2D eigenvalue weighted by Gasteiger charge is -2.46. The lowest BCUT2D eigenvalue weighted by atomic mass is 9.94. The van der Waals surface area contributed by atoms with E-state index in [0.717, 1.165) is 0 Å². The molecule has 2 aliphatic heterocycles. The molecule has 8 N–H and O–H groups in total. The highest BCUT2D eigenvalue weighted by atomic mass is 16.7. The van der Waals surface area contributed by atoms with Crippen molar-refractivity contribution < 1.29 is 44.9 Å². The van der Waals surface area contributed by atoms with Crippen LogP contribution in [0.3, 0.4) is 0 Å². The zero-order valence-corrected chi connectivity index (χ0v) is 13.7. The van der Waals surface area contributed by atoms with Gasteiger partial charge in [0.2, 0.25) is 5.91 Å². The van der Waals surface area contributed by atoms with Gasteiger partial charge in [0.05, 0.1) is 25.4 Å². The van der Waals surface area contributed by atoms with Crippen LogP contribution in [0, 0.1) is 0 Å². The van der Waals surface area contributed by atoms with E-state index >= 15 is 0 Å². The van der Waals surface area contributed by atoms with Gasteiger partial charge in [-0.2, -0.15) is 0 Å². The van der Waals surface area contributed by atoms with Gasteiger partial charge in [0, 0.05) is 13.5 Å². The zero-order valence-electron chi connectivity index (χ0n) is 13.7. The first-order valence-corrected chi connectivity index (χ1v) is 8.05. The Kier molecular flexibility index (Phi) is 7.08. The first-order valence-electron chi connectivity index (χ1n) is 8.05. The number of hydrogen-bond donors (Lipinski definition) is 8. The third-order valence-electron chi connectivity index (χ3n) is 4.46. The van der Waals surface area contributed by atoms with E-state index in [1.54, 1.807) is 0 Å². The number of aliphatic hydroxyl groups excluding tert-OH is 6. The van der Waals surface area contributed by atoms with E-state index in [-0.39, 0.29) is 6.54 Å². The van der Waals surface area contributed by atoms with Crippen LogP contribution >= 0.6 is 0 Å². The van der Waals surface area contributed by atoms with E-state index in [0.29, 0.717) is 0 Å². The zero-order chi connectivity index (χ0) is 18.7. The van der Waals surface area contributed by atoms with Crippen molar-refractivity contribution in [3.8, 4) is 0 Å². The lowest BCUT2D eigenvalue weighted by Crippen LogP contribution is -2.68. The molecule has 2 aliphatic rings. The van der Waals surface area contributed by atoms with Gasteiger partial charge in [0.1, 0.15) is 36.6 Å². The highest BCUT2D eigenvalue weighted by Crippen LogP contribution is 2.26. The molecule has 25 heavy (non-hydrogen) atoms. The summed E-state index contributed by atoms with van der Waals surface area (Å²) in [5.41, 5.74) is 0. The van der Waals surface area contributed by atoms with Crippen molar-refractivity contribution in [3.63, 3.8) is 0 Å². The van der Waals surface area contributed by atoms with Crippen LogP contribution in [0.1, 0.15) is 6.92 Å². The van der Waals surface area contributed by atoms with Crippen LogP contribution in [0.5, 0.6) is 0 Å². The van der Waals surface area contributed by atoms with Gasteiger partial charge in [0.15, 0.2) is 6.29 Å². The van der Waals surface area contributed by atoms with Crippen LogP contribution in [-0.2, 0) is 14.3 Å². The Morgan fingerprint density at radius 1 is 1.16 bits per heavy atom. The molecule has 0 bridgehead atoms. The summed E-state index contributed by atoms with van der Waals surface area (Å²) in [6.07, 6.45) is -9.08. The van der Waals surface area contributed by atoms with Crippen molar-refractivity contribution in [1.29, 1.82) is 0 Å². The molecule has 0 aliphatic carbocycles. The normalized spacial score (nSPS) is 45.2. The fourth-order valence-electron chi connectivity index (χ4n) is 3.05. The summed E-state index contributed by atoms with van der Waals surface area (Å²) in [5, 5.41) is 64.0. The van der Waals surface area contributed by atoms with Crippen molar-refractivity contribution in [2.45, 2.75) is 61.9 Å². The number of rotatable bonds is 5. The summed E-state index contributed by atoms with van der Waals surface area (Å²) >= 11 is 0.